The van der Waals surface area contributed by atoms with E-state index in [1.54, 1.807) is 0 Å². The van der Waals surface area contributed by atoms with Crippen molar-refractivity contribution in [3.05, 3.63) is 70.3 Å². The number of nitrogens with one attached hydrogen (secondary N) is 1. The summed E-state index contributed by atoms with van der Waals surface area (Å²) < 4.78 is 33.8. The predicted molar refractivity (Wildman–Crippen MR) is 132 cm³/mol. The van der Waals surface area contributed by atoms with Gasteiger partial charge in [-0.15, -0.1) is 0 Å². The van der Waals surface area contributed by atoms with E-state index in [2.05, 4.69) is 5.32 Å². The quantitative estimate of drug-likeness (QED) is 0.405. The minimum atomic E-state index is -3.87. The zero-order chi connectivity index (χ0) is 25.6. The molecule has 1 amide bonds. The van der Waals surface area contributed by atoms with Crippen LogP contribution in [0.2, 0.25) is 0 Å². The fraction of sp³-hybridized carbons (Fsp3) is 0.480. The van der Waals surface area contributed by atoms with E-state index in [1.807, 2.05) is 51.1 Å². The molecule has 3 rings (SSSR count). The zero-order valence-corrected chi connectivity index (χ0v) is 21.2. The zero-order valence-electron chi connectivity index (χ0n) is 20.3. The van der Waals surface area contributed by atoms with Crippen molar-refractivity contribution in [3.63, 3.8) is 0 Å². The van der Waals surface area contributed by atoms with E-state index in [-0.39, 0.29) is 29.1 Å². The van der Waals surface area contributed by atoms with Gasteiger partial charge in [-0.1, -0.05) is 30.3 Å². The highest BCUT2D eigenvalue weighted by Crippen LogP contribution is 2.29. The lowest BCUT2D eigenvalue weighted by molar-refractivity contribution is -0.384. The molecule has 0 spiro atoms. The van der Waals surface area contributed by atoms with E-state index in [0.717, 1.165) is 31.2 Å². The first kappa shape index (κ1) is 26.6. The summed E-state index contributed by atoms with van der Waals surface area (Å²) in [4.78, 5) is 22.5. The number of alkyl carbamates (subject to hydrolysis) is 1. The van der Waals surface area contributed by atoms with Crippen LogP contribution >= 0.6 is 0 Å². The van der Waals surface area contributed by atoms with E-state index in [0.29, 0.717) is 6.54 Å². The maximum absolute atomic E-state index is 13.5. The largest absolute Gasteiger partial charge is 0.444 e. The number of nitrogens with zero attached hydrogens (tertiary/aromatic N) is 2. The Morgan fingerprint density at radius 3 is 2.20 bits per heavy atom. The lowest BCUT2D eigenvalue weighted by Crippen LogP contribution is -2.42. The molecular formula is C25H33N3O6S. The van der Waals surface area contributed by atoms with Crippen molar-refractivity contribution in [1.82, 2.24) is 9.62 Å². The molecule has 0 bridgehead atoms. The van der Waals surface area contributed by atoms with Crippen molar-refractivity contribution in [2.75, 3.05) is 6.54 Å². The number of carbonyl (C=O) groups excluding carboxylic acids is 1. The number of carbonyl (C=O) groups is 1. The Morgan fingerprint density at radius 1 is 1.06 bits per heavy atom. The van der Waals surface area contributed by atoms with E-state index >= 15 is 0 Å². The van der Waals surface area contributed by atoms with Crippen LogP contribution < -0.4 is 5.32 Å². The SMILES string of the molecule is CC(C)(C)OC(=O)NC1CCC(CN(Cc2ccccc2)S(=O)(=O)c2ccc([N+](=O)[O-])cc2)CC1. The van der Waals surface area contributed by atoms with Gasteiger partial charge >= 0.3 is 6.09 Å². The molecule has 0 saturated heterocycles. The van der Waals surface area contributed by atoms with Gasteiger partial charge in [-0.05, 0) is 70.1 Å². The van der Waals surface area contributed by atoms with Crippen LogP contribution in [0.3, 0.4) is 0 Å². The molecule has 2 aromatic carbocycles. The monoisotopic (exact) mass is 503 g/mol. The fourth-order valence-electron chi connectivity index (χ4n) is 4.18. The molecule has 1 saturated carbocycles. The highest BCUT2D eigenvalue weighted by molar-refractivity contribution is 7.89. The lowest BCUT2D eigenvalue weighted by atomic mass is 9.86. The van der Waals surface area contributed by atoms with E-state index in [9.17, 15) is 23.3 Å². The number of non-ortho nitro benzene ring substituents is 1. The summed E-state index contributed by atoms with van der Waals surface area (Å²) in [5, 5.41) is 13.9. The molecule has 1 N–H and O–H groups in total. The summed E-state index contributed by atoms with van der Waals surface area (Å²) in [5.41, 5.74) is 0.137. The summed E-state index contributed by atoms with van der Waals surface area (Å²) >= 11 is 0. The van der Waals surface area contributed by atoms with Crippen molar-refractivity contribution in [2.24, 2.45) is 5.92 Å². The number of hydrogen-bond donors (Lipinski definition) is 1. The average molecular weight is 504 g/mol. The molecule has 1 aliphatic carbocycles. The van der Waals surface area contributed by atoms with Crippen molar-refractivity contribution in [2.45, 2.75) is 69.5 Å². The molecule has 2 aromatic rings. The van der Waals surface area contributed by atoms with Gasteiger partial charge in [0.2, 0.25) is 10.0 Å². The Balaban J connectivity index is 1.70. The van der Waals surface area contributed by atoms with Gasteiger partial charge in [0.05, 0.1) is 9.82 Å². The van der Waals surface area contributed by atoms with Gasteiger partial charge in [0.15, 0.2) is 0 Å². The molecule has 0 radical (unpaired) electrons. The normalized spacial score (nSPS) is 18.7. The smallest absolute Gasteiger partial charge is 0.407 e. The van der Waals surface area contributed by atoms with Crippen LogP contribution in [0.25, 0.3) is 0 Å². The second-order valence-electron chi connectivity index (χ2n) is 9.90. The molecule has 0 aliphatic heterocycles. The molecule has 0 heterocycles. The maximum Gasteiger partial charge on any atom is 0.407 e. The highest BCUT2D eigenvalue weighted by atomic mass is 32.2. The van der Waals surface area contributed by atoms with Gasteiger partial charge in [0.25, 0.3) is 5.69 Å². The summed E-state index contributed by atoms with van der Waals surface area (Å²) in [7, 11) is -3.87. The summed E-state index contributed by atoms with van der Waals surface area (Å²) in [6.07, 6.45) is 2.57. The minimum Gasteiger partial charge on any atom is -0.444 e. The molecule has 1 aliphatic rings. The van der Waals surface area contributed by atoms with Gasteiger partial charge in [-0.25, -0.2) is 13.2 Å². The third kappa shape index (κ3) is 7.76. The third-order valence-electron chi connectivity index (χ3n) is 5.92. The topological polar surface area (TPSA) is 119 Å². The summed E-state index contributed by atoms with van der Waals surface area (Å²) in [5.74, 6) is 0.128. The summed E-state index contributed by atoms with van der Waals surface area (Å²) in [6.45, 7) is 5.98. The van der Waals surface area contributed by atoms with E-state index < -0.39 is 26.6 Å². The van der Waals surface area contributed by atoms with Gasteiger partial charge in [-0.2, -0.15) is 4.31 Å². The fourth-order valence-corrected chi connectivity index (χ4v) is 5.68. The molecule has 10 heteroatoms. The van der Waals surface area contributed by atoms with Gasteiger partial charge in [-0.3, -0.25) is 10.1 Å². The standard InChI is InChI=1S/C25H33N3O6S/c1-25(2,3)34-24(29)26-21-11-9-20(10-12-21)18-27(17-19-7-5-4-6-8-19)35(32,33)23-15-13-22(14-16-23)28(30)31/h4-8,13-16,20-21H,9-12,17-18H2,1-3H3,(H,26,29). The first-order valence-electron chi connectivity index (χ1n) is 11.7. The second-order valence-corrected chi connectivity index (χ2v) is 11.8. The number of rotatable bonds is 8. The van der Waals surface area contributed by atoms with Crippen LogP contribution in [0.15, 0.2) is 59.5 Å². The maximum atomic E-state index is 13.5. The molecule has 190 valence electrons. The van der Waals surface area contributed by atoms with Gasteiger partial charge in [0, 0.05) is 31.3 Å². The third-order valence-corrected chi connectivity index (χ3v) is 7.74. The molecular weight excluding hydrogens is 470 g/mol. The number of ether oxygens (including phenoxy) is 1. The number of hydrogen-bond acceptors (Lipinski definition) is 6. The Kier molecular flexibility index (Phi) is 8.50. The number of nitro groups is 1. The van der Waals surface area contributed by atoms with Crippen LogP contribution in [-0.4, -0.2) is 41.9 Å². The molecule has 1 fully saturated rings. The number of amides is 1. The van der Waals surface area contributed by atoms with Crippen LogP contribution in [0, 0.1) is 16.0 Å². The van der Waals surface area contributed by atoms with Crippen molar-refractivity contribution >= 4 is 21.8 Å². The molecule has 9 nitrogen and oxygen atoms in total. The minimum absolute atomic E-state index is 0.00467. The number of nitro benzene ring substituents is 1. The van der Waals surface area contributed by atoms with Crippen LogP contribution in [0.1, 0.15) is 52.0 Å². The predicted octanol–water partition coefficient (Wildman–Crippen LogP) is 4.87. The van der Waals surface area contributed by atoms with Crippen molar-refractivity contribution in [3.8, 4) is 0 Å². The number of benzene rings is 2. The van der Waals surface area contributed by atoms with Crippen molar-refractivity contribution < 1.29 is 22.9 Å². The molecule has 0 unspecified atom stereocenters. The highest BCUT2D eigenvalue weighted by Gasteiger charge is 2.31. The Morgan fingerprint density at radius 2 is 1.66 bits per heavy atom. The van der Waals surface area contributed by atoms with Gasteiger partial charge < -0.3 is 10.1 Å². The van der Waals surface area contributed by atoms with Crippen molar-refractivity contribution in [1.29, 1.82) is 0 Å². The van der Waals surface area contributed by atoms with Crippen LogP contribution in [0.4, 0.5) is 10.5 Å². The van der Waals surface area contributed by atoms with Gasteiger partial charge in [0.1, 0.15) is 5.60 Å². The molecule has 0 aromatic heterocycles. The summed E-state index contributed by atoms with van der Waals surface area (Å²) in [6, 6.07) is 14.3. The van der Waals surface area contributed by atoms with E-state index in [1.165, 1.54) is 28.6 Å². The average Bonchev–Trinajstić information content (AvgIpc) is 2.79. The first-order chi connectivity index (χ1) is 16.4. The molecule has 0 atom stereocenters. The Bertz CT molecular complexity index is 1110. The first-order valence-corrected chi connectivity index (χ1v) is 13.2. The Labute approximate surface area is 206 Å². The van der Waals surface area contributed by atoms with Crippen LogP contribution in [-0.2, 0) is 21.3 Å². The van der Waals surface area contributed by atoms with E-state index in [4.69, 9.17) is 4.74 Å². The Hall–Kier alpha value is -2.98. The lowest BCUT2D eigenvalue weighted by Gasteiger charge is -2.33. The second kappa shape index (κ2) is 11.2. The van der Waals surface area contributed by atoms with Crippen LogP contribution in [0.5, 0.6) is 0 Å². The molecule has 35 heavy (non-hydrogen) atoms. The number of sulfonamides is 1.